The Balaban J connectivity index is 1.62. The van der Waals surface area contributed by atoms with Gasteiger partial charge in [-0.3, -0.25) is 5.32 Å². The van der Waals surface area contributed by atoms with Gasteiger partial charge >= 0.3 is 12.1 Å². The van der Waals surface area contributed by atoms with Crippen LogP contribution in [-0.2, 0) is 16.4 Å². The maximum absolute atomic E-state index is 12.9. The van der Waals surface area contributed by atoms with E-state index in [2.05, 4.69) is 15.6 Å². The molecule has 37 heavy (non-hydrogen) atoms. The number of amides is 3. The first kappa shape index (κ1) is 25.7. The van der Waals surface area contributed by atoms with Crippen LogP contribution in [0.2, 0.25) is 5.02 Å². The van der Waals surface area contributed by atoms with Crippen molar-refractivity contribution in [3.63, 3.8) is 0 Å². The van der Waals surface area contributed by atoms with Gasteiger partial charge in [-0.05, 0) is 48.4 Å². The molecule has 0 bridgehead atoms. The van der Waals surface area contributed by atoms with Crippen LogP contribution >= 0.6 is 11.6 Å². The largest absolute Gasteiger partial charge is 0.465 e. The quantitative estimate of drug-likeness (QED) is 0.258. The second-order valence-electron chi connectivity index (χ2n) is 7.88. The number of rotatable bonds is 8. The van der Waals surface area contributed by atoms with Crippen LogP contribution in [-0.4, -0.2) is 35.2 Å². The molecule has 1 heterocycles. The summed E-state index contributed by atoms with van der Waals surface area (Å²) in [5.41, 5.74) is 1.94. The van der Waals surface area contributed by atoms with Crippen molar-refractivity contribution in [2.75, 3.05) is 5.32 Å². The van der Waals surface area contributed by atoms with E-state index in [1.807, 2.05) is 35.1 Å². The molecule has 0 aliphatic rings. The van der Waals surface area contributed by atoms with Gasteiger partial charge in [0.15, 0.2) is 0 Å². The minimum atomic E-state index is -4.23. The number of hydrogen-bond acceptors (Lipinski definition) is 5. The van der Waals surface area contributed by atoms with Gasteiger partial charge < -0.3 is 15.0 Å². The van der Waals surface area contributed by atoms with Crippen molar-refractivity contribution in [2.45, 2.75) is 17.4 Å². The maximum atomic E-state index is 12.9. The van der Waals surface area contributed by atoms with Crippen LogP contribution in [0.3, 0.4) is 0 Å². The Bertz CT molecular complexity index is 1510. The van der Waals surface area contributed by atoms with E-state index >= 15 is 0 Å². The van der Waals surface area contributed by atoms with Gasteiger partial charge in [0, 0.05) is 23.8 Å². The van der Waals surface area contributed by atoms with Crippen LogP contribution in [0.25, 0.3) is 5.69 Å². The normalized spacial score (nSPS) is 11.9. The van der Waals surface area contributed by atoms with Crippen molar-refractivity contribution < 1.29 is 23.1 Å². The summed E-state index contributed by atoms with van der Waals surface area (Å²) in [6, 6.07) is 20.0. The van der Waals surface area contributed by atoms with Gasteiger partial charge in [0.05, 0.1) is 11.1 Å². The number of anilines is 1. The molecule has 0 saturated heterocycles. The Kier molecular flexibility index (Phi) is 7.75. The molecule has 190 valence electrons. The molecule has 0 fully saturated rings. The van der Waals surface area contributed by atoms with E-state index in [9.17, 15) is 18.0 Å². The van der Waals surface area contributed by atoms with E-state index < -0.39 is 28.2 Å². The molecular formula is C25H22ClN5O5S. The van der Waals surface area contributed by atoms with Crippen molar-refractivity contribution in [3.8, 4) is 5.69 Å². The number of sulfonamides is 1. The van der Waals surface area contributed by atoms with Gasteiger partial charge in [0.2, 0.25) is 0 Å². The lowest BCUT2D eigenvalue weighted by Crippen LogP contribution is -2.42. The van der Waals surface area contributed by atoms with Gasteiger partial charge in [0.25, 0.3) is 10.0 Å². The minimum absolute atomic E-state index is 0.0139. The third-order valence-corrected chi connectivity index (χ3v) is 7.15. The Morgan fingerprint density at radius 2 is 1.65 bits per heavy atom. The van der Waals surface area contributed by atoms with Crippen molar-refractivity contribution >= 4 is 39.4 Å². The zero-order valence-corrected chi connectivity index (χ0v) is 20.8. The summed E-state index contributed by atoms with van der Waals surface area (Å²) < 4.78 is 29.3. The van der Waals surface area contributed by atoms with E-state index in [1.54, 1.807) is 47.3 Å². The third-order valence-electron chi connectivity index (χ3n) is 5.32. The van der Waals surface area contributed by atoms with Crippen LogP contribution in [0.5, 0.6) is 0 Å². The molecule has 10 nitrogen and oxygen atoms in total. The van der Waals surface area contributed by atoms with Gasteiger partial charge in [-0.1, -0.05) is 54.1 Å². The smallest absolute Gasteiger partial charge is 0.409 e. The number of nitrogens with zero attached hydrogens (tertiary/aromatic N) is 2. The Morgan fingerprint density at radius 1 is 0.973 bits per heavy atom. The Morgan fingerprint density at radius 3 is 2.32 bits per heavy atom. The van der Waals surface area contributed by atoms with Gasteiger partial charge in [-0.2, -0.15) is 0 Å². The average Bonchev–Trinajstić information content (AvgIpc) is 3.34. The predicted molar refractivity (Wildman–Crippen MR) is 138 cm³/mol. The fourth-order valence-corrected chi connectivity index (χ4v) is 5.14. The number of halogens is 1. The third kappa shape index (κ3) is 6.46. The number of hydrogen-bond donors (Lipinski definition) is 4. The van der Waals surface area contributed by atoms with E-state index in [1.165, 1.54) is 18.2 Å². The molecule has 0 radical (unpaired) electrons. The van der Waals surface area contributed by atoms with Crippen LogP contribution in [0, 0.1) is 0 Å². The minimum Gasteiger partial charge on any atom is -0.465 e. The van der Waals surface area contributed by atoms with E-state index in [-0.39, 0.29) is 9.92 Å². The highest BCUT2D eigenvalue weighted by Gasteiger charge is 2.25. The lowest BCUT2D eigenvalue weighted by Gasteiger charge is -2.21. The second-order valence-corrected chi connectivity index (χ2v) is 9.94. The molecule has 0 aliphatic heterocycles. The molecular weight excluding hydrogens is 518 g/mol. The van der Waals surface area contributed by atoms with Crippen LogP contribution in [0.15, 0.2) is 96.2 Å². The first-order chi connectivity index (χ1) is 17.7. The highest BCUT2D eigenvalue weighted by molar-refractivity contribution is 7.90. The van der Waals surface area contributed by atoms with Crippen LogP contribution in [0.1, 0.15) is 17.4 Å². The van der Waals surface area contributed by atoms with Crippen molar-refractivity contribution in [1.29, 1.82) is 0 Å². The number of carbonyl (C=O) groups is 2. The molecule has 12 heteroatoms. The summed E-state index contributed by atoms with van der Waals surface area (Å²) >= 11 is 6.01. The first-order valence-corrected chi connectivity index (χ1v) is 12.8. The standard InChI is InChI=1S/C25H22ClN5O5S/c26-20-8-4-5-9-22(20)37(35,36)30-24(32)29-21(16-17-6-2-1-3-7-17)23-27-14-15-31(23)19-12-10-18(11-13-19)28-25(33)34/h1-15,21,28H,16H2,(H,33,34)(H2,29,30,32). The Labute approximate surface area is 218 Å². The summed E-state index contributed by atoms with van der Waals surface area (Å²) in [6.07, 6.45) is 2.38. The van der Waals surface area contributed by atoms with E-state index in [0.29, 0.717) is 23.6 Å². The lowest BCUT2D eigenvalue weighted by molar-refractivity contribution is 0.209. The number of nitrogens with one attached hydrogen (secondary N) is 3. The fraction of sp³-hybridized carbons (Fsp3) is 0.0800. The van der Waals surface area contributed by atoms with Gasteiger partial charge in [-0.15, -0.1) is 0 Å². The highest BCUT2D eigenvalue weighted by atomic mass is 35.5. The van der Waals surface area contributed by atoms with Crippen LogP contribution in [0.4, 0.5) is 15.3 Å². The van der Waals surface area contributed by atoms with Crippen molar-refractivity contribution in [2.24, 2.45) is 0 Å². The maximum Gasteiger partial charge on any atom is 0.409 e. The number of urea groups is 1. The molecule has 0 spiro atoms. The molecule has 1 unspecified atom stereocenters. The second kappa shape index (κ2) is 11.1. The molecule has 1 aromatic heterocycles. The number of imidazole rings is 1. The molecule has 0 saturated carbocycles. The predicted octanol–water partition coefficient (Wildman–Crippen LogP) is 4.59. The lowest BCUT2D eigenvalue weighted by atomic mass is 10.1. The van der Waals surface area contributed by atoms with Gasteiger partial charge in [0.1, 0.15) is 10.7 Å². The summed E-state index contributed by atoms with van der Waals surface area (Å²) in [4.78, 5) is 28.0. The monoisotopic (exact) mass is 539 g/mol. The topological polar surface area (TPSA) is 142 Å². The molecule has 4 aromatic rings. The van der Waals surface area contributed by atoms with Gasteiger partial charge in [-0.25, -0.2) is 27.7 Å². The first-order valence-electron chi connectivity index (χ1n) is 11.0. The molecule has 1 atom stereocenters. The fourth-order valence-electron chi connectivity index (χ4n) is 3.70. The van der Waals surface area contributed by atoms with Crippen LogP contribution < -0.4 is 15.4 Å². The molecule has 3 aromatic carbocycles. The van der Waals surface area contributed by atoms with Crippen molar-refractivity contribution in [1.82, 2.24) is 19.6 Å². The number of carboxylic acid groups (broad SMARTS) is 1. The van der Waals surface area contributed by atoms with E-state index in [0.717, 1.165) is 5.56 Å². The number of aromatic nitrogens is 2. The molecule has 0 aliphatic carbocycles. The summed E-state index contributed by atoms with van der Waals surface area (Å²) in [6.45, 7) is 0. The zero-order valence-electron chi connectivity index (χ0n) is 19.2. The molecule has 4 N–H and O–H groups in total. The summed E-state index contributed by atoms with van der Waals surface area (Å²) in [7, 11) is -4.23. The molecule has 4 rings (SSSR count). The number of carbonyl (C=O) groups excluding carboxylic acids is 1. The SMILES string of the molecule is O=C(O)Nc1ccc(-n2ccnc2C(Cc2ccccc2)NC(=O)NS(=O)(=O)c2ccccc2Cl)cc1. The summed E-state index contributed by atoms with van der Waals surface area (Å²) in [5, 5.41) is 13.9. The zero-order chi connectivity index (χ0) is 26.4. The van der Waals surface area contributed by atoms with E-state index in [4.69, 9.17) is 16.7 Å². The highest BCUT2D eigenvalue weighted by Crippen LogP contribution is 2.23. The Hall–Kier alpha value is -4.35. The van der Waals surface area contributed by atoms with Crippen molar-refractivity contribution in [3.05, 3.63) is 108 Å². The average molecular weight is 540 g/mol. The summed E-state index contributed by atoms with van der Waals surface area (Å²) in [5.74, 6) is 0.438. The molecule has 3 amide bonds. The number of benzene rings is 3.